The summed E-state index contributed by atoms with van der Waals surface area (Å²) in [6.07, 6.45) is 0. The Labute approximate surface area is 77.6 Å². The van der Waals surface area contributed by atoms with Crippen molar-refractivity contribution < 1.29 is 4.74 Å². The van der Waals surface area contributed by atoms with E-state index in [9.17, 15) is 0 Å². The summed E-state index contributed by atoms with van der Waals surface area (Å²) in [6, 6.07) is 22.2. The van der Waals surface area contributed by atoms with Crippen molar-refractivity contribution in [3.05, 3.63) is 60.7 Å². The topological polar surface area (TPSA) is 9.23 Å². The Kier molecular flexibility index (Phi) is 2.04. The molecule has 2 rings (SSSR count). The van der Waals surface area contributed by atoms with Gasteiger partial charge in [0.05, 0.1) is 0 Å². The van der Waals surface area contributed by atoms with Gasteiger partial charge in [-0.1, -0.05) is 12.1 Å². The summed E-state index contributed by atoms with van der Waals surface area (Å²) in [5, 5.41) is 0. The van der Waals surface area contributed by atoms with Crippen LogP contribution in [0.3, 0.4) is 0 Å². The molecule has 0 aliphatic carbocycles. The van der Waals surface area contributed by atoms with Crippen LogP contribution in [0.2, 0.25) is 0 Å². The van der Waals surface area contributed by atoms with Crippen LogP contribution in [-0.4, -0.2) is 0 Å². The predicted molar refractivity (Wildman–Crippen MR) is 48.3 cm³/mol. The molecule has 0 aromatic heterocycles. The maximum absolute atomic E-state index is 5.40. The fraction of sp³-hybridized carbons (Fsp3) is 0. The highest BCUT2D eigenvalue weighted by molar-refractivity contribution is 5.24. The zero-order chi connectivity index (χ0) is 8.93. The first kappa shape index (κ1) is 7.53. The first-order chi connectivity index (χ1) is 6.45. The molecule has 0 unspecified atom stereocenters. The van der Waals surface area contributed by atoms with E-state index in [-0.39, 0.29) is 0 Å². The van der Waals surface area contributed by atoms with Gasteiger partial charge in [-0.25, -0.2) is 0 Å². The Morgan fingerprint density at radius 2 is 1.38 bits per heavy atom. The Morgan fingerprint density at radius 1 is 0.846 bits per heavy atom. The van der Waals surface area contributed by atoms with Crippen LogP contribution in [0.1, 0.15) is 0 Å². The third-order valence-electron chi connectivity index (χ3n) is 1.46. The molecule has 0 aliphatic heterocycles. The van der Waals surface area contributed by atoms with Crippen LogP contribution < -0.4 is 4.74 Å². The van der Waals surface area contributed by atoms with Crippen LogP contribution in [0.15, 0.2) is 36.4 Å². The van der Waals surface area contributed by atoms with Crippen molar-refractivity contribution in [3.63, 3.8) is 0 Å². The minimum Gasteiger partial charge on any atom is -0.439 e. The lowest BCUT2D eigenvalue weighted by Gasteiger charge is -1.98. The van der Waals surface area contributed by atoms with E-state index in [2.05, 4.69) is 24.3 Å². The fourth-order valence-electron chi connectivity index (χ4n) is 0.914. The van der Waals surface area contributed by atoms with Crippen LogP contribution in [0.4, 0.5) is 0 Å². The molecule has 13 heavy (non-hydrogen) atoms. The minimum absolute atomic E-state index is 0.637. The molecule has 1 nitrogen and oxygen atoms in total. The molecule has 0 fully saturated rings. The van der Waals surface area contributed by atoms with E-state index in [0.717, 1.165) is 0 Å². The SMILES string of the molecule is c1cccc(Oc2c#cccc2)c#1. The Morgan fingerprint density at radius 3 is 1.77 bits per heavy atom. The molecular weight excluding hydrogens is 160 g/mol. The zero-order valence-electron chi connectivity index (χ0n) is 6.87. The molecule has 2 aromatic carbocycles. The van der Waals surface area contributed by atoms with Crippen LogP contribution in [0.5, 0.6) is 11.5 Å². The zero-order valence-corrected chi connectivity index (χ0v) is 6.87. The second-order valence-electron chi connectivity index (χ2n) is 2.42. The van der Waals surface area contributed by atoms with E-state index >= 15 is 0 Å². The molecule has 0 atom stereocenters. The van der Waals surface area contributed by atoms with Crippen LogP contribution in [0.25, 0.3) is 0 Å². The van der Waals surface area contributed by atoms with Gasteiger partial charge in [0.15, 0.2) is 11.5 Å². The lowest BCUT2D eigenvalue weighted by Crippen LogP contribution is -1.79. The molecule has 0 radical (unpaired) electrons. The number of rotatable bonds is 2. The van der Waals surface area contributed by atoms with Gasteiger partial charge in [-0.2, -0.15) is 0 Å². The van der Waals surface area contributed by atoms with Gasteiger partial charge in [0, 0.05) is 0 Å². The summed E-state index contributed by atoms with van der Waals surface area (Å²) in [5.41, 5.74) is 0. The van der Waals surface area contributed by atoms with E-state index in [4.69, 9.17) is 4.74 Å². The maximum atomic E-state index is 5.40. The molecule has 0 heterocycles. The molecule has 0 saturated heterocycles. The second-order valence-corrected chi connectivity index (χ2v) is 2.42. The number of ether oxygens (including phenoxy) is 1. The fourth-order valence-corrected chi connectivity index (χ4v) is 0.914. The highest BCUT2D eigenvalue weighted by atomic mass is 16.5. The van der Waals surface area contributed by atoms with E-state index < -0.39 is 0 Å². The van der Waals surface area contributed by atoms with Crippen molar-refractivity contribution in [2.45, 2.75) is 0 Å². The molecule has 0 N–H and O–H groups in total. The van der Waals surface area contributed by atoms with E-state index in [1.165, 1.54) is 0 Å². The highest BCUT2D eigenvalue weighted by Gasteiger charge is 1.91. The Hall–Kier alpha value is -2.12. The predicted octanol–water partition coefficient (Wildman–Crippen LogP) is 2.68. The lowest BCUT2D eigenvalue weighted by molar-refractivity contribution is 0.483. The van der Waals surface area contributed by atoms with E-state index in [1.807, 2.05) is 24.3 Å². The first-order valence-corrected chi connectivity index (χ1v) is 3.90. The van der Waals surface area contributed by atoms with Gasteiger partial charge >= 0.3 is 0 Å². The standard InChI is InChI=1S/C12H6O/c1-3-7-11(8-4-1)13-12-9-5-2-6-10-12/h1-3,5,7,9H. The third kappa shape index (κ3) is 1.92. The number of hydrogen-bond donors (Lipinski definition) is 0. The molecule has 60 valence electrons. The van der Waals surface area contributed by atoms with Crippen LogP contribution in [-0.2, 0) is 0 Å². The molecule has 0 saturated carbocycles. The summed E-state index contributed by atoms with van der Waals surface area (Å²) in [7, 11) is 0. The molecular formula is C12H6O. The van der Waals surface area contributed by atoms with Crippen LogP contribution >= 0.6 is 0 Å². The lowest BCUT2D eigenvalue weighted by atomic mass is 10.4. The normalized spacial score (nSPS) is 8.31. The van der Waals surface area contributed by atoms with E-state index in [1.54, 1.807) is 12.1 Å². The molecule has 2 aromatic rings. The highest BCUT2D eigenvalue weighted by Crippen LogP contribution is 2.15. The van der Waals surface area contributed by atoms with Crippen molar-refractivity contribution in [2.75, 3.05) is 0 Å². The quantitative estimate of drug-likeness (QED) is 0.666. The smallest absolute Gasteiger partial charge is 0.178 e. The van der Waals surface area contributed by atoms with Crippen molar-refractivity contribution in [1.82, 2.24) is 0 Å². The number of hydrogen-bond acceptors (Lipinski definition) is 1. The Bertz CT molecular complexity index is 316. The molecule has 0 spiro atoms. The van der Waals surface area contributed by atoms with Gasteiger partial charge in [-0.15, -0.1) is 0 Å². The summed E-state index contributed by atoms with van der Waals surface area (Å²) >= 11 is 0. The average Bonchev–Trinajstić information content (AvgIpc) is 2.21. The van der Waals surface area contributed by atoms with Crippen molar-refractivity contribution >= 4 is 0 Å². The summed E-state index contributed by atoms with van der Waals surface area (Å²) in [4.78, 5) is 0. The van der Waals surface area contributed by atoms with Gasteiger partial charge in [0.2, 0.25) is 0 Å². The summed E-state index contributed by atoms with van der Waals surface area (Å²) < 4.78 is 5.40. The molecule has 1 heteroatoms. The summed E-state index contributed by atoms with van der Waals surface area (Å²) in [5.74, 6) is 1.27. The average molecular weight is 166 g/mol. The largest absolute Gasteiger partial charge is 0.439 e. The van der Waals surface area contributed by atoms with Crippen molar-refractivity contribution in [3.8, 4) is 11.5 Å². The van der Waals surface area contributed by atoms with E-state index in [0.29, 0.717) is 11.5 Å². The monoisotopic (exact) mass is 166 g/mol. The van der Waals surface area contributed by atoms with Crippen LogP contribution in [0, 0.1) is 24.3 Å². The molecule has 0 amide bonds. The second kappa shape index (κ2) is 3.52. The molecule has 0 bridgehead atoms. The van der Waals surface area contributed by atoms with Gasteiger partial charge in [-0.05, 0) is 48.5 Å². The third-order valence-corrected chi connectivity index (χ3v) is 1.46. The molecule has 0 aliphatic rings. The van der Waals surface area contributed by atoms with Crippen molar-refractivity contribution in [2.24, 2.45) is 0 Å². The van der Waals surface area contributed by atoms with Gasteiger partial charge < -0.3 is 4.74 Å². The van der Waals surface area contributed by atoms with Gasteiger partial charge in [-0.3, -0.25) is 0 Å². The minimum atomic E-state index is 0.637. The van der Waals surface area contributed by atoms with Crippen molar-refractivity contribution in [1.29, 1.82) is 0 Å². The first-order valence-electron chi connectivity index (χ1n) is 3.90. The maximum Gasteiger partial charge on any atom is 0.178 e. The van der Waals surface area contributed by atoms with Gasteiger partial charge in [0.25, 0.3) is 0 Å². The summed E-state index contributed by atoms with van der Waals surface area (Å²) in [6.45, 7) is 0. The van der Waals surface area contributed by atoms with Gasteiger partial charge in [0.1, 0.15) is 0 Å². The Balaban J connectivity index is 2.16.